The van der Waals surface area contributed by atoms with E-state index in [1.54, 1.807) is 27.1 Å². The first-order valence-electron chi connectivity index (χ1n) is 5.97. The van der Waals surface area contributed by atoms with Crippen molar-refractivity contribution in [3.05, 3.63) is 0 Å². The highest BCUT2D eigenvalue weighted by Gasteiger charge is 2.36. The average molecular weight is 255 g/mol. The molecule has 1 fully saturated rings. The number of nitrogens with zero attached hydrogens (tertiary/aromatic N) is 1. The van der Waals surface area contributed by atoms with Crippen LogP contribution in [0.3, 0.4) is 0 Å². The van der Waals surface area contributed by atoms with Crippen molar-refractivity contribution in [2.75, 3.05) is 13.1 Å². The minimum Gasteiger partial charge on any atom is -0.444 e. The standard InChI is InChI=1S/C12H19N2O4/c1-12(2,3)18-11(17)14-7-4-5-9(14)10(16)13-6-8-15/h9H,4-7H2,1-3H3,(H,13,16). The summed E-state index contributed by atoms with van der Waals surface area (Å²) in [6, 6.07) is -0.548. The zero-order chi connectivity index (χ0) is 13.8. The van der Waals surface area contributed by atoms with Gasteiger partial charge in [-0.25, -0.2) is 4.79 Å². The lowest BCUT2D eigenvalue weighted by Crippen LogP contribution is -2.47. The van der Waals surface area contributed by atoms with Crippen LogP contribution in [0.2, 0.25) is 0 Å². The molecule has 6 nitrogen and oxygen atoms in total. The summed E-state index contributed by atoms with van der Waals surface area (Å²) in [4.78, 5) is 35.1. The molecule has 0 aliphatic carbocycles. The van der Waals surface area contributed by atoms with Crippen LogP contribution in [-0.2, 0) is 14.3 Å². The number of carbonyl (C=O) groups is 2. The molecular formula is C12H19N2O4. The molecule has 1 aliphatic rings. The number of amides is 2. The maximum absolute atomic E-state index is 11.9. The van der Waals surface area contributed by atoms with E-state index in [1.165, 1.54) is 4.90 Å². The van der Waals surface area contributed by atoms with Crippen molar-refractivity contribution in [1.82, 2.24) is 10.2 Å². The van der Waals surface area contributed by atoms with Gasteiger partial charge in [-0.05, 0) is 33.6 Å². The van der Waals surface area contributed by atoms with Crippen molar-refractivity contribution in [3.63, 3.8) is 0 Å². The van der Waals surface area contributed by atoms with Crippen molar-refractivity contribution in [3.8, 4) is 0 Å². The Morgan fingerprint density at radius 2 is 2.11 bits per heavy atom. The third-order valence-corrected chi connectivity index (χ3v) is 2.52. The predicted molar refractivity (Wildman–Crippen MR) is 64.7 cm³/mol. The van der Waals surface area contributed by atoms with E-state index in [0.29, 0.717) is 13.0 Å². The van der Waals surface area contributed by atoms with E-state index in [2.05, 4.69) is 5.32 Å². The monoisotopic (exact) mass is 255 g/mol. The van der Waals surface area contributed by atoms with Crippen LogP contribution in [0.1, 0.15) is 33.6 Å². The molecule has 1 aliphatic heterocycles. The lowest BCUT2D eigenvalue weighted by atomic mass is 10.2. The molecule has 1 rings (SSSR count). The predicted octanol–water partition coefficient (Wildman–Crippen LogP) is 0.612. The Morgan fingerprint density at radius 3 is 2.67 bits per heavy atom. The van der Waals surface area contributed by atoms with Crippen LogP contribution in [0.25, 0.3) is 0 Å². The molecule has 6 heteroatoms. The van der Waals surface area contributed by atoms with Crippen molar-refractivity contribution >= 4 is 18.3 Å². The summed E-state index contributed by atoms with van der Waals surface area (Å²) < 4.78 is 5.24. The lowest BCUT2D eigenvalue weighted by molar-refractivity contribution is -0.125. The SMILES string of the molecule is CC(C)(C)OC(=O)N1CCCC1C(=O)NC[C]=O. The minimum absolute atomic E-state index is 0.155. The van der Waals surface area contributed by atoms with Crippen LogP contribution in [0.4, 0.5) is 4.79 Å². The zero-order valence-corrected chi connectivity index (χ0v) is 11.0. The van der Waals surface area contributed by atoms with Gasteiger partial charge in [-0.2, -0.15) is 0 Å². The summed E-state index contributed by atoms with van der Waals surface area (Å²) in [5, 5.41) is 2.41. The summed E-state index contributed by atoms with van der Waals surface area (Å²) in [5.74, 6) is -0.332. The number of likely N-dealkylation sites (tertiary alicyclic amines) is 1. The largest absolute Gasteiger partial charge is 0.444 e. The zero-order valence-electron chi connectivity index (χ0n) is 11.0. The van der Waals surface area contributed by atoms with Gasteiger partial charge in [-0.15, -0.1) is 0 Å². The van der Waals surface area contributed by atoms with Gasteiger partial charge >= 0.3 is 6.09 Å². The minimum atomic E-state index is -0.586. The number of rotatable bonds is 3. The summed E-state index contributed by atoms with van der Waals surface area (Å²) >= 11 is 0. The molecule has 1 unspecified atom stereocenters. The van der Waals surface area contributed by atoms with Crippen molar-refractivity contribution in [2.24, 2.45) is 0 Å². The molecule has 0 bridgehead atoms. The van der Waals surface area contributed by atoms with Gasteiger partial charge in [0.25, 0.3) is 0 Å². The van der Waals surface area contributed by atoms with E-state index in [-0.39, 0.29) is 12.5 Å². The number of nitrogens with one attached hydrogen (secondary N) is 1. The number of hydrogen-bond donors (Lipinski definition) is 1. The Hall–Kier alpha value is -1.59. The lowest BCUT2D eigenvalue weighted by Gasteiger charge is -2.27. The van der Waals surface area contributed by atoms with Gasteiger partial charge in [0.1, 0.15) is 11.6 Å². The second kappa shape index (κ2) is 5.84. The van der Waals surface area contributed by atoms with Crippen molar-refractivity contribution in [1.29, 1.82) is 0 Å². The fourth-order valence-electron chi connectivity index (χ4n) is 1.82. The van der Waals surface area contributed by atoms with Gasteiger partial charge in [0, 0.05) is 6.54 Å². The maximum atomic E-state index is 11.9. The normalized spacial score (nSPS) is 19.5. The number of ether oxygens (including phenoxy) is 1. The Kier molecular flexibility index (Phi) is 4.69. The van der Waals surface area contributed by atoms with Gasteiger partial charge in [-0.3, -0.25) is 14.5 Å². The van der Waals surface area contributed by atoms with Gasteiger partial charge in [0.2, 0.25) is 12.2 Å². The average Bonchev–Trinajstić information content (AvgIpc) is 2.72. The second-order valence-corrected chi connectivity index (χ2v) is 5.19. The first-order valence-corrected chi connectivity index (χ1v) is 5.97. The molecule has 1 heterocycles. The molecule has 18 heavy (non-hydrogen) atoms. The molecule has 1 atom stereocenters. The van der Waals surface area contributed by atoms with Crippen LogP contribution in [-0.4, -0.2) is 47.9 Å². The second-order valence-electron chi connectivity index (χ2n) is 5.19. The highest BCUT2D eigenvalue weighted by Crippen LogP contribution is 2.20. The first-order chi connectivity index (χ1) is 8.35. The van der Waals surface area contributed by atoms with E-state index >= 15 is 0 Å². The summed E-state index contributed by atoms with van der Waals surface area (Å²) in [7, 11) is 0. The maximum Gasteiger partial charge on any atom is 0.410 e. The van der Waals surface area contributed by atoms with E-state index in [9.17, 15) is 14.4 Å². The third-order valence-electron chi connectivity index (χ3n) is 2.52. The molecule has 2 amide bonds. The molecule has 1 saturated heterocycles. The van der Waals surface area contributed by atoms with Crippen LogP contribution < -0.4 is 5.32 Å². The first kappa shape index (κ1) is 14.5. The van der Waals surface area contributed by atoms with Gasteiger partial charge in [-0.1, -0.05) is 0 Å². The van der Waals surface area contributed by atoms with Gasteiger partial charge < -0.3 is 10.1 Å². The van der Waals surface area contributed by atoms with Crippen molar-refractivity contribution < 1.29 is 19.1 Å². The highest BCUT2D eigenvalue weighted by atomic mass is 16.6. The van der Waals surface area contributed by atoms with E-state index in [4.69, 9.17) is 4.74 Å². The van der Waals surface area contributed by atoms with Crippen molar-refractivity contribution in [2.45, 2.75) is 45.3 Å². The molecule has 0 aromatic rings. The fourth-order valence-corrected chi connectivity index (χ4v) is 1.82. The molecule has 0 aromatic heterocycles. The highest BCUT2D eigenvalue weighted by molar-refractivity contribution is 5.87. The summed E-state index contributed by atoms with van der Waals surface area (Å²) in [6.07, 6.45) is 2.44. The van der Waals surface area contributed by atoms with Crippen LogP contribution in [0.15, 0.2) is 0 Å². The van der Waals surface area contributed by atoms with E-state index in [1.807, 2.05) is 0 Å². The van der Waals surface area contributed by atoms with E-state index < -0.39 is 17.7 Å². The van der Waals surface area contributed by atoms with E-state index in [0.717, 1.165) is 6.42 Å². The molecule has 1 N–H and O–H groups in total. The molecule has 0 spiro atoms. The van der Waals surface area contributed by atoms with Crippen LogP contribution in [0, 0.1) is 0 Å². The fraction of sp³-hybridized carbons (Fsp3) is 0.750. The number of carbonyl (C=O) groups excluding carboxylic acids is 3. The number of hydrogen-bond acceptors (Lipinski definition) is 4. The molecular weight excluding hydrogens is 236 g/mol. The summed E-state index contributed by atoms with van der Waals surface area (Å²) in [6.45, 7) is 5.67. The van der Waals surface area contributed by atoms with Gasteiger partial charge in [0.15, 0.2) is 0 Å². The topological polar surface area (TPSA) is 75.7 Å². The smallest absolute Gasteiger partial charge is 0.410 e. The molecule has 1 radical (unpaired) electrons. The van der Waals surface area contributed by atoms with Gasteiger partial charge in [0.05, 0.1) is 6.54 Å². The molecule has 101 valence electrons. The van der Waals surface area contributed by atoms with Crippen LogP contribution in [0.5, 0.6) is 0 Å². The summed E-state index contributed by atoms with van der Waals surface area (Å²) in [5.41, 5.74) is -0.586. The van der Waals surface area contributed by atoms with Crippen LogP contribution >= 0.6 is 0 Å². The Balaban J connectivity index is 2.61. The quantitative estimate of drug-likeness (QED) is 0.801. The molecule has 0 aromatic carbocycles. The molecule has 0 saturated carbocycles. The Bertz CT molecular complexity index is 335. The Morgan fingerprint density at radius 1 is 1.44 bits per heavy atom. The third kappa shape index (κ3) is 4.01. The Labute approximate surface area is 107 Å².